The third-order valence-electron chi connectivity index (χ3n) is 3.38. The predicted molar refractivity (Wildman–Crippen MR) is 91.9 cm³/mol. The number of rotatable bonds is 2. The Bertz CT molecular complexity index is 850. The summed E-state index contributed by atoms with van der Waals surface area (Å²) >= 11 is 3.42. The third-order valence-corrected chi connectivity index (χ3v) is 3.91. The molecule has 2 aromatic carbocycles. The summed E-state index contributed by atoms with van der Waals surface area (Å²) in [5.74, 6) is 0.252. The molecule has 0 fully saturated rings. The van der Waals surface area contributed by atoms with Crippen LogP contribution in [0.25, 0.3) is 22.4 Å². The van der Waals surface area contributed by atoms with Gasteiger partial charge < -0.3 is 5.73 Å². The minimum absolute atomic E-state index is 0.252. The van der Waals surface area contributed by atoms with E-state index >= 15 is 0 Å². The van der Waals surface area contributed by atoms with E-state index in [9.17, 15) is 5.26 Å². The summed E-state index contributed by atoms with van der Waals surface area (Å²) in [6.07, 6.45) is 0. The number of nitrogens with two attached hydrogens (primary N) is 1. The third kappa shape index (κ3) is 2.72. The number of aromatic nitrogens is 1. The molecule has 0 spiro atoms. The van der Waals surface area contributed by atoms with Gasteiger partial charge in [-0.25, -0.2) is 4.98 Å². The van der Waals surface area contributed by atoms with E-state index in [1.54, 1.807) is 0 Å². The molecule has 0 aliphatic carbocycles. The van der Waals surface area contributed by atoms with Crippen LogP contribution >= 0.6 is 15.9 Å². The quantitative estimate of drug-likeness (QED) is 0.733. The largest absolute Gasteiger partial charge is 0.383 e. The Balaban J connectivity index is 2.21. The SMILES string of the molecule is N#Cc1c(-c2ccccc2)cc(-c2ccc(Br)cc2)nc1N. The fourth-order valence-corrected chi connectivity index (χ4v) is 2.56. The molecule has 0 atom stereocenters. The van der Waals surface area contributed by atoms with Gasteiger partial charge in [-0.2, -0.15) is 5.26 Å². The molecule has 0 saturated heterocycles. The second-order valence-corrected chi connectivity index (χ2v) is 5.72. The van der Waals surface area contributed by atoms with Crippen molar-refractivity contribution in [3.63, 3.8) is 0 Å². The monoisotopic (exact) mass is 349 g/mol. The molecule has 0 amide bonds. The van der Waals surface area contributed by atoms with E-state index in [1.165, 1.54) is 0 Å². The lowest BCUT2D eigenvalue weighted by Crippen LogP contribution is -1.99. The van der Waals surface area contributed by atoms with Gasteiger partial charge in [0.25, 0.3) is 0 Å². The Labute approximate surface area is 137 Å². The molecule has 3 aromatic rings. The lowest BCUT2D eigenvalue weighted by molar-refractivity contribution is 1.31. The summed E-state index contributed by atoms with van der Waals surface area (Å²) in [5.41, 5.74) is 9.86. The summed E-state index contributed by atoms with van der Waals surface area (Å²) in [7, 11) is 0. The zero-order valence-electron chi connectivity index (χ0n) is 11.6. The maximum absolute atomic E-state index is 9.38. The van der Waals surface area contributed by atoms with Gasteiger partial charge in [0, 0.05) is 15.6 Å². The molecule has 0 saturated carbocycles. The number of halogens is 1. The van der Waals surface area contributed by atoms with Crippen LogP contribution in [0.4, 0.5) is 5.82 Å². The molecule has 0 aliphatic rings. The van der Waals surface area contributed by atoms with Crippen molar-refractivity contribution >= 4 is 21.7 Å². The number of pyridine rings is 1. The first-order chi connectivity index (χ1) is 10.7. The first kappa shape index (κ1) is 14.3. The van der Waals surface area contributed by atoms with Crippen LogP contribution in [0, 0.1) is 11.3 Å². The van der Waals surface area contributed by atoms with E-state index in [4.69, 9.17) is 5.73 Å². The topological polar surface area (TPSA) is 62.7 Å². The van der Waals surface area contributed by atoms with Crippen LogP contribution in [0.1, 0.15) is 5.56 Å². The van der Waals surface area contributed by atoms with E-state index in [-0.39, 0.29) is 5.82 Å². The maximum Gasteiger partial charge on any atom is 0.142 e. The number of nitriles is 1. The number of anilines is 1. The van der Waals surface area contributed by atoms with Gasteiger partial charge in [0.15, 0.2) is 0 Å². The molecular formula is C18H12BrN3. The average molecular weight is 350 g/mol. The standard InChI is InChI=1S/C18H12BrN3/c19-14-8-6-13(7-9-14)17-10-15(12-4-2-1-3-5-12)16(11-20)18(21)22-17/h1-10H,(H2,21,22). The molecule has 106 valence electrons. The van der Waals surface area contributed by atoms with Crippen molar-refractivity contribution in [3.8, 4) is 28.5 Å². The second-order valence-electron chi connectivity index (χ2n) is 4.80. The first-order valence-electron chi connectivity index (χ1n) is 6.71. The highest BCUT2D eigenvalue weighted by molar-refractivity contribution is 9.10. The molecule has 0 aliphatic heterocycles. The maximum atomic E-state index is 9.38. The van der Waals surface area contributed by atoms with Gasteiger partial charge in [-0.3, -0.25) is 0 Å². The number of nitrogen functional groups attached to an aromatic ring is 1. The van der Waals surface area contributed by atoms with Crippen LogP contribution in [0.3, 0.4) is 0 Å². The van der Waals surface area contributed by atoms with Crippen molar-refractivity contribution in [2.45, 2.75) is 0 Å². The van der Waals surface area contributed by atoms with E-state index in [2.05, 4.69) is 27.0 Å². The molecule has 0 bridgehead atoms. The van der Waals surface area contributed by atoms with Crippen LogP contribution in [-0.4, -0.2) is 4.98 Å². The molecule has 0 unspecified atom stereocenters. The van der Waals surface area contributed by atoms with E-state index in [1.807, 2.05) is 60.7 Å². The van der Waals surface area contributed by atoms with Crippen molar-refractivity contribution in [3.05, 3.63) is 70.7 Å². The summed E-state index contributed by atoms with van der Waals surface area (Å²) in [6, 6.07) is 21.6. The van der Waals surface area contributed by atoms with Crippen molar-refractivity contribution < 1.29 is 0 Å². The van der Waals surface area contributed by atoms with Crippen molar-refractivity contribution in [1.82, 2.24) is 4.98 Å². The molecule has 22 heavy (non-hydrogen) atoms. The lowest BCUT2D eigenvalue weighted by Gasteiger charge is -2.10. The number of hydrogen-bond acceptors (Lipinski definition) is 3. The van der Waals surface area contributed by atoms with Gasteiger partial charge in [0.05, 0.1) is 5.69 Å². The van der Waals surface area contributed by atoms with Gasteiger partial charge in [-0.1, -0.05) is 58.4 Å². The van der Waals surface area contributed by atoms with Crippen LogP contribution in [0.5, 0.6) is 0 Å². The minimum atomic E-state index is 0.252. The molecular weight excluding hydrogens is 338 g/mol. The van der Waals surface area contributed by atoms with Crippen LogP contribution in [-0.2, 0) is 0 Å². The highest BCUT2D eigenvalue weighted by Gasteiger charge is 2.13. The molecule has 4 heteroatoms. The Morgan fingerprint density at radius 2 is 1.64 bits per heavy atom. The first-order valence-corrected chi connectivity index (χ1v) is 7.50. The zero-order valence-corrected chi connectivity index (χ0v) is 13.2. The lowest BCUT2D eigenvalue weighted by atomic mass is 9.98. The molecule has 1 aromatic heterocycles. The molecule has 3 rings (SSSR count). The van der Waals surface area contributed by atoms with E-state index in [0.717, 1.165) is 26.9 Å². The van der Waals surface area contributed by atoms with Gasteiger partial charge in [0.1, 0.15) is 17.5 Å². The highest BCUT2D eigenvalue weighted by Crippen LogP contribution is 2.31. The Hall–Kier alpha value is -2.64. The Morgan fingerprint density at radius 3 is 2.27 bits per heavy atom. The van der Waals surface area contributed by atoms with Crippen molar-refractivity contribution in [2.75, 3.05) is 5.73 Å². The van der Waals surface area contributed by atoms with Crippen LogP contribution < -0.4 is 5.73 Å². The summed E-state index contributed by atoms with van der Waals surface area (Å²) < 4.78 is 1.00. The summed E-state index contributed by atoms with van der Waals surface area (Å²) in [4.78, 5) is 4.37. The Kier molecular flexibility index (Phi) is 3.90. The number of nitrogens with zero attached hydrogens (tertiary/aromatic N) is 2. The minimum Gasteiger partial charge on any atom is -0.383 e. The smallest absolute Gasteiger partial charge is 0.142 e. The number of benzene rings is 2. The van der Waals surface area contributed by atoms with Gasteiger partial charge in [0.2, 0.25) is 0 Å². The second kappa shape index (κ2) is 6.00. The summed E-state index contributed by atoms with van der Waals surface area (Å²) in [5, 5.41) is 9.38. The van der Waals surface area contributed by atoms with Crippen LogP contribution in [0.15, 0.2) is 65.1 Å². The average Bonchev–Trinajstić information content (AvgIpc) is 2.55. The highest BCUT2D eigenvalue weighted by atomic mass is 79.9. The molecule has 1 heterocycles. The van der Waals surface area contributed by atoms with Gasteiger partial charge >= 0.3 is 0 Å². The zero-order chi connectivity index (χ0) is 15.5. The normalized spacial score (nSPS) is 10.2. The molecule has 2 N–H and O–H groups in total. The van der Waals surface area contributed by atoms with Crippen molar-refractivity contribution in [1.29, 1.82) is 5.26 Å². The Morgan fingerprint density at radius 1 is 0.955 bits per heavy atom. The fraction of sp³-hybridized carbons (Fsp3) is 0. The van der Waals surface area contributed by atoms with Crippen molar-refractivity contribution in [2.24, 2.45) is 0 Å². The summed E-state index contributed by atoms with van der Waals surface area (Å²) in [6.45, 7) is 0. The fourth-order valence-electron chi connectivity index (χ4n) is 2.30. The van der Waals surface area contributed by atoms with E-state index in [0.29, 0.717) is 5.56 Å². The predicted octanol–water partition coefficient (Wildman–Crippen LogP) is 4.63. The molecule has 0 radical (unpaired) electrons. The van der Waals surface area contributed by atoms with Gasteiger partial charge in [-0.05, 0) is 23.8 Å². The van der Waals surface area contributed by atoms with E-state index < -0.39 is 0 Å². The van der Waals surface area contributed by atoms with Gasteiger partial charge in [-0.15, -0.1) is 0 Å². The number of hydrogen-bond donors (Lipinski definition) is 1. The molecule has 3 nitrogen and oxygen atoms in total. The van der Waals surface area contributed by atoms with Crippen LogP contribution in [0.2, 0.25) is 0 Å².